The summed E-state index contributed by atoms with van der Waals surface area (Å²) in [4.78, 5) is 17.3. The molecule has 0 bridgehead atoms. The highest BCUT2D eigenvalue weighted by Crippen LogP contribution is 2.32. The third kappa shape index (κ3) is 4.00. The van der Waals surface area contributed by atoms with Crippen LogP contribution < -0.4 is 10.6 Å². The van der Waals surface area contributed by atoms with Gasteiger partial charge in [-0.05, 0) is 30.5 Å². The summed E-state index contributed by atoms with van der Waals surface area (Å²) in [7, 11) is 0. The Kier molecular flexibility index (Phi) is 5.87. The van der Waals surface area contributed by atoms with Crippen molar-refractivity contribution in [3.63, 3.8) is 0 Å². The summed E-state index contributed by atoms with van der Waals surface area (Å²) in [5.41, 5.74) is 5.54. The largest absolute Gasteiger partial charge is 0.354 e. The lowest BCUT2D eigenvalue weighted by atomic mass is 10.0. The van der Waals surface area contributed by atoms with Crippen LogP contribution in [0, 0.1) is 6.92 Å². The van der Waals surface area contributed by atoms with Gasteiger partial charge in [0.25, 0.3) is 5.91 Å². The Morgan fingerprint density at radius 3 is 2.78 bits per heavy atom. The molecule has 0 radical (unpaired) electrons. The molecule has 4 heteroatoms. The molecule has 3 aromatic rings. The number of aryl methyl sites for hydroxylation is 2. The second kappa shape index (κ2) is 8.49. The van der Waals surface area contributed by atoms with E-state index in [4.69, 9.17) is 0 Å². The molecule has 1 heterocycles. The van der Waals surface area contributed by atoms with Crippen LogP contribution in [-0.2, 0) is 6.42 Å². The van der Waals surface area contributed by atoms with E-state index in [1.807, 2.05) is 37.3 Å². The average Bonchev–Trinajstić information content (AvgIpc) is 2.68. The first kappa shape index (κ1) is 18.6. The van der Waals surface area contributed by atoms with E-state index in [9.17, 15) is 4.79 Å². The maximum Gasteiger partial charge on any atom is 0.255 e. The minimum atomic E-state index is -0.165. The SMILES string of the molecule is C=CCNC(=O)c1cnc2c(C)cccc2c1Nc1ccccc1CCC. The maximum atomic E-state index is 12.7. The molecule has 0 aliphatic heterocycles. The summed E-state index contributed by atoms with van der Waals surface area (Å²) < 4.78 is 0. The van der Waals surface area contributed by atoms with Crippen LogP contribution in [0.2, 0.25) is 0 Å². The molecule has 1 amide bonds. The molecule has 138 valence electrons. The molecule has 0 atom stereocenters. The van der Waals surface area contributed by atoms with E-state index in [1.165, 1.54) is 5.56 Å². The standard InChI is InChI=1S/C23H25N3O/c1-4-9-17-11-6-7-13-20(17)26-22-18-12-8-10-16(3)21(18)25-15-19(22)23(27)24-14-5-2/h5-8,10-13,15H,2,4,9,14H2,1,3H3,(H,24,27)(H,25,26). The average molecular weight is 359 g/mol. The van der Waals surface area contributed by atoms with Gasteiger partial charge in [0, 0.05) is 23.8 Å². The number of hydrogen-bond acceptors (Lipinski definition) is 3. The number of amides is 1. The van der Waals surface area contributed by atoms with Gasteiger partial charge in [-0.2, -0.15) is 0 Å². The van der Waals surface area contributed by atoms with Gasteiger partial charge < -0.3 is 10.6 Å². The molecule has 2 aromatic carbocycles. The van der Waals surface area contributed by atoms with Crippen LogP contribution in [0.25, 0.3) is 10.9 Å². The second-order valence-electron chi connectivity index (χ2n) is 6.55. The van der Waals surface area contributed by atoms with E-state index in [0.29, 0.717) is 12.1 Å². The van der Waals surface area contributed by atoms with Gasteiger partial charge >= 0.3 is 0 Å². The lowest BCUT2D eigenvalue weighted by Gasteiger charge is -2.17. The summed E-state index contributed by atoms with van der Waals surface area (Å²) >= 11 is 0. The monoisotopic (exact) mass is 359 g/mol. The minimum Gasteiger partial charge on any atom is -0.354 e. The molecule has 1 aromatic heterocycles. The number of carbonyl (C=O) groups excluding carboxylic acids is 1. The van der Waals surface area contributed by atoms with E-state index < -0.39 is 0 Å². The molecule has 27 heavy (non-hydrogen) atoms. The zero-order chi connectivity index (χ0) is 19.2. The summed E-state index contributed by atoms with van der Waals surface area (Å²) in [6.45, 7) is 8.27. The van der Waals surface area contributed by atoms with Crippen LogP contribution in [0.1, 0.15) is 34.8 Å². The highest BCUT2D eigenvalue weighted by Gasteiger charge is 2.17. The Bertz CT molecular complexity index is 979. The Morgan fingerprint density at radius 1 is 1.19 bits per heavy atom. The Labute approximate surface area is 160 Å². The van der Waals surface area contributed by atoms with Crippen molar-refractivity contribution in [1.29, 1.82) is 0 Å². The van der Waals surface area contributed by atoms with Crippen molar-refractivity contribution in [2.75, 3.05) is 11.9 Å². The fraction of sp³-hybridized carbons (Fsp3) is 0.217. The van der Waals surface area contributed by atoms with Crippen LogP contribution in [0.15, 0.2) is 61.3 Å². The number of aromatic nitrogens is 1. The summed E-state index contributed by atoms with van der Waals surface area (Å²) in [5, 5.41) is 7.32. The molecule has 0 fully saturated rings. The van der Waals surface area contributed by atoms with Crippen LogP contribution in [0.5, 0.6) is 0 Å². The molecule has 0 unspecified atom stereocenters. The fourth-order valence-electron chi connectivity index (χ4n) is 3.20. The van der Waals surface area contributed by atoms with Gasteiger partial charge in [-0.3, -0.25) is 9.78 Å². The Balaban J connectivity index is 2.15. The first-order chi connectivity index (χ1) is 13.2. The number of benzene rings is 2. The van der Waals surface area contributed by atoms with Crippen molar-refractivity contribution < 1.29 is 4.79 Å². The van der Waals surface area contributed by atoms with E-state index in [0.717, 1.165) is 40.7 Å². The molecule has 0 aliphatic carbocycles. The second-order valence-corrected chi connectivity index (χ2v) is 6.55. The van der Waals surface area contributed by atoms with Gasteiger partial charge in [-0.1, -0.05) is 55.8 Å². The van der Waals surface area contributed by atoms with Crippen molar-refractivity contribution in [2.45, 2.75) is 26.7 Å². The van der Waals surface area contributed by atoms with Gasteiger partial charge in [0.05, 0.1) is 16.8 Å². The fourth-order valence-corrected chi connectivity index (χ4v) is 3.20. The van der Waals surface area contributed by atoms with Gasteiger partial charge in [-0.25, -0.2) is 0 Å². The molecule has 0 aliphatic rings. The zero-order valence-electron chi connectivity index (χ0n) is 15.9. The van der Waals surface area contributed by atoms with Crippen LogP contribution in [-0.4, -0.2) is 17.4 Å². The molecular formula is C23H25N3O. The topological polar surface area (TPSA) is 54.0 Å². The molecule has 0 saturated carbocycles. The van der Waals surface area contributed by atoms with Gasteiger partial charge in [0.1, 0.15) is 0 Å². The van der Waals surface area contributed by atoms with Crippen LogP contribution >= 0.6 is 0 Å². The minimum absolute atomic E-state index is 0.165. The normalized spacial score (nSPS) is 10.6. The molecule has 0 spiro atoms. The lowest BCUT2D eigenvalue weighted by molar-refractivity contribution is 0.0958. The molecule has 0 saturated heterocycles. The maximum absolute atomic E-state index is 12.7. The zero-order valence-corrected chi connectivity index (χ0v) is 15.9. The van der Waals surface area contributed by atoms with Crippen molar-refractivity contribution in [3.05, 3.63) is 78.0 Å². The third-order valence-electron chi connectivity index (χ3n) is 4.55. The first-order valence-corrected chi connectivity index (χ1v) is 9.28. The lowest BCUT2D eigenvalue weighted by Crippen LogP contribution is -2.24. The predicted molar refractivity (Wildman–Crippen MR) is 113 cm³/mol. The third-order valence-corrected chi connectivity index (χ3v) is 4.55. The van der Waals surface area contributed by atoms with Crippen molar-refractivity contribution in [2.24, 2.45) is 0 Å². The number of carbonyl (C=O) groups is 1. The number of nitrogens with zero attached hydrogens (tertiary/aromatic N) is 1. The quantitative estimate of drug-likeness (QED) is 0.573. The van der Waals surface area contributed by atoms with E-state index >= 15 is 0 Å². The van der Waals surface area contributed by atoms with Crippen molar-refractivity contribution in [3.8, 4) is 0 Å². The predicted octanol–water partition coefficient (Wildman–Crippen LogP) is 5.16. The van der Waals surface area contributed by atoms with E-state index in [2.05, 4.69) is 41.3 Å². The Morgan fingerprint density at radius 2 is 2.00 bits per heavy atom. The van der Waals surface area contributed by atoms with Crippen molar-refractivity contribution >= 4 is 28.2 Å². The highest BCUT2D eigenvalue weighted by molar-refractivity contribution is 6.08. The molecular weight excluding hydrogens is 334 g/mol. The molecule has 2 N–H and O–H groups in total. The summed E-state index contributed by atoms with van der Waals surface area (Å²) in [6, 6.07) is 14.3. The number of hydrogen-bond donors (Lipinski definition) is 2. The van der Waals surface area contributed by atoms with Crippen LogP contribution in [0.4, 0.5) is 11.4 Å². The molecule has 3 rings (SSSR count). The van der Waals surface area contributed by atoms with Crippen molar-refractivity contribution in [1.82, 2.24) is 10.3 Å². The Hall–Kier alpha value is -3.14. The number of para-hydroxylation sites is 2. The summed E-state index contributed by atoms with van der Waals surface area (Å²) in [5.74, 6) is -0.165. The van der Waals surface area contributed by atoms with Gasteiger partial charge in [0.2, 0.25) is 0 Å². The number of pyridine rings is 1. The van der Waals surface area contributed by atoms with E-state index in [-0.39, 0.29) is 5.91 Å². The van der Waals surface area contributed by atoms with E-state index in [1.54, 1.807) is 12.3 Å². The molecule has 4 nitrogen and oxygen atoms in total. The number of rotatable bonds is 7. The smallest absolute Gasteiger partial charge is 0.255 e. The number of nitrogens with one attached hydrogen (secondary N) is 2. The van der Waals surface area contributed by atoms with Crippen LogP contribution in [0.3, 0.4) is 0 Å². The summed E-state index contributed by atoms with van der Waals surface area (Å²) in [6.07, 6.45) is 5.35. The number of anilines is 2. The number of fused-ring (bicyclic) bond motifs is 1. The highest BCUT2D eigenvalue weighted by atomic mass is 16.1. The van der Waals surface area contributed by atoms with Gasteiger partial charge in [-0.15, -0.1) is 6.58 Å². The first-order valence-electron chi connectivity index (χ1n) is 9.28. The van der Waals surface area contributed by atoms with Gasteiger partial charge in [0.15, 0.2) is 0 Å².